The number of rotatable bonds is 8. The summed E-state index contributed by atoms with van der Waals surface area (Å²) in [4.78, 5) is 15.5. The topological polar surface area (TPSA) is 60.5 Å². The zero-order valence-corrected chi connectivity index (χ0v) is 11.8. The second-order valence-electron chi connectivity index (χ2n) is 4.64. The van der Waals surface area contributed by atoms with E-state index >= 15 is 0 Å². The number of esters is 1. The van der Waals surface area contributed by atoms with Crippen molar-refractivity contribution in [3.63, 3.8) is 0 Å². The molecule has 0 fully saturated rings. The smallest absolute Gasteiger partial charge is 0.338 e. The van der Waals surface area contributed by atoms with Crippen molar-refractivity contribution in [2.24, 2.45) is 5.92 Å². The van der Waals surface area contributed by atoms with E-state index in [-0.39, 0.29) is 5.97 Å². The van der Waals surface area contributed by atoms with E-state index in [1.165, 1.54) is 7.11 Å². The lowest BCUT2D eigenvalue weighted by Gasteiger charge is -2.08. The molecule has 5 heteroatoms. The number of anilines is 1. The standard InChI is InChI=1S/C14H22N2O3/c1-11(2)5-8-19-9-7-16-13-10-12(4-6-15-13)14(17)18-3/h4,6,10-11H,5,7-9H2,1-3H3,(H,15,16). The van der Waals surface area contributed by atoms with Gasteiger partial charge >= 0.3 is 5.97 Å². The van der Waals surface area contributed by atoms with E-state index in [1.54, 1.807) is 18.3 Å². The monoisotopic (exact) mass is 266 g/mol. The van der Waals surface area contributed by atoms with Crippen LogP contribution in [0.2, 0.25) is 0 Å². The van der Waals surface area contributed by atoms with Crippen LogP contribution in [0.4, 0.5) is 5.82 Å². The highest BCUT2D eigenvalue weighted by Crippen LogP contribution is 2.07. The SMILES string of the molecule is COC(=O)c1ccnc(NCCOCCC(C)C)c1. The molecule has 19 heavy (non-hydrogen) atoms. The van der Waals surface area contributed by atoms with Gasteiger partial charge in [-0.1, -0.05) is 13.8 Å². The number of carbonyl (C=O) groups is 1. The maximum absolute atomic E-state index is 11.3. The van der Waals surface area contributed by atoms with Crippen LogP contribution in [0.3, 0.4) is 0 Å². The Morgan fingerprint density at radius 3 is 2.89 bits per heavy atom. The molecule has 1 rings (SSSR count). The summed E-state index contributed by atoms with van der Waals surface area (Å²) in [7, 11) is 1.36. The number of carbonyl (C=O) groups excluding carboxylic acids is 1. The summed E-state index contributed by atoms with van der Waals surface area (Å²) >= 11 is 0. The molecule has 1 aromatic heterocycles. The summed E-state index contributed by atoms with van der Waals surface area (Å²) in [5, 5.41) is 3.11. The van der Waals surface area contributed by atoms with Crippen LogP contribution in [0.1, 0.15) is 30.6 Å². The summed E-state index contributed by atoms with van der Waals surface area (Å²) in [6.45, 7) is 6.40. The second kappa shape index (κ2) is 8.48. The summed E-state index contributed by atoms with van der Waals surface area (Å²) in [5.41, 5.74) is 0.487. The molecular weight excluding hydrogens is 244 g/mol. The van der Waals surface area contributed by atoms with Gasteiger partial charge < -0.3 is 14.8 Å². The van der Waals surface area contributed by atoms with Gasteiger partial charge in [0.05, 0.1) is 19.3 Å². The molecule has 0 aromatic carbocycles. The molecule has 0 aliphatic carbocycles. The molecule has 0 saturated heterocycles. The molecule has 0 unspecified atom stereocenters. The number of hydrogen-bond donors (Lipinski definition) is 1. The Labute approximate surface area is 114 Å². The molecule has 0 bridgehead atoms. The van der Waals surface area contributed by atoms with Crippen molar-refractivity contribution in [1.82, 2.24) is 4.98 Å². The molecule has 0 spiro atoms. The zero-order chi connectivity index (χ0) is 14.1. The second-order valence-corrected chi connectivity index (χ2v) is 4.64. The fourth-order valence-electron chi connectivity index (χ4n) is 1.44. The Morgan fingerprint density at radius 1 is 1.42 bits per heavy atom. The van der Waals surface area contributed by atoms with E-state index in [0.29, 0.717) is 30.5 Å². The van der Waals surface area contributed by atoms with Crippen molar-refractivity contribution in [2.45, 2.75) is 20.3 Å². The third kappa shape index (κ3) is 6.20. The van der Waals surface area contributed by atoms with Gasteiger partial charge in [-0.05, 0) is 24.5 Å². The van der Waals surface area contributed by atoms with Crippen molar-refractivity contribution in [2.75, 3.05) is 32.2 Å². The normalized spacial score (nSPS) is 10.5. The number of hydrogen-bond acceptors (Lipinski definition) is 5. The maximum Gasteiger partial charge on any atom is 0.338 e. The fourth-order valence-corrected chi connectivity index (χ4v) is 1.44. The van der Waals surface area contributed by atoms with E-state index in [1.807, 2.05) is 0 Å². The van der Waals surface area contributed by atoms with E-state index in [4.69, 9.17) is 4.74 Å². The highest BCUT2D eigenvalue weighted by molar-refractivity contribution is 5.89. The van der Waals surface area contributed by atoms with E-state index in [9.17, 15) is 4.79 Å². The summed E-state index contributed by atoms with van der Waals surface area (Å²) in [6.07, 6.45) is 2.64. The zero-order valence-electron chi connectivity index (χ0n) is 11.8. The predicted molar refractivity (Wildman–Crippen MR) is 74.3 cm³/mol. The van der Waals surface area contributed by atoms with E-state index in [0.717, 1.165) is 13.0 Å². The quantitative estimate of drug-likeness (QED) is 0.578. The van der Waals surface area contributed by atoms with Crippen LogP contribution in [-0.2, 0) is 9.47 Å². The van der Waals surface area contributed by atoms with Crippen LogP contribution in [0.25, 0.3) is 0 Å². The Kier molecular flexibility index (Phi) is 6.89. The maximum atomic E-state index is 11.3. The minimum absolute atomic E-state index is 0.362. The average molecular weight is 266 g/mol. The lowest BCUT2D eigenvalue weighted by molar-refractivity contribution is 0.0600. The van der Waals surface area contributed by atoms with Gasteiger partial charge in [0.1, 0.15) is 5.82 Å². The highest BCUT2D eigenvalue weighted by atomic mass is 16.5. The molecule has 1 aromatic rings. The lowest BCUT2D eigenvalue weighted by Crippen LogP contribution is -2.12. The Bertz CT molecular complexity index is 394. The number of nitrogens with one attached hydrogen (secondary N) is 1. The Morgan fingerprint density at radius 2 is 2.21 bits per heavy atom. The van der Waals surface area contributed by atoms with Crippen LogP contribution >= 0.6 is 0 Å². The molecule has 0 atom stereocenters. The predicted octanol–water partition coefficient (Wildman–Crippen LogP) is 2.34. The first-order valence-electron chi connectivity index (χ1n) is 6.49. The van der Waals surface area contributed by atoms with Crippen LogP contribution in [-0.4, -0.2) is 37.8 Å². The number of nitrogens with zero attached hydrogens (tertiary/aromatic N) is 1. The fraction of sp³-hybridized carbons (Fsp3) is 0.571. The van der Waals surface area contributed by atoms with Gasteiger partial charge in [0, 0.05) is 19.3 Å². The molecule has 5 nitrogen and oxygen atoms in total. The number of methoxy groups -OCH3 is 1. The Hall–Kier alpha value is -1.62. The molecule has 1 heterocycles. The lowest BCUT2D eigenvalue weighted by atomic mass is 10.1. The van der Waals surface area contributed by atoms with Crippen LogP contribution < -0.4 is 5.32 Å². The minimum Gasteiger partial charge on any atom is -0.465 e. The first-order chi connectivity index (χ1) is 9.13. The third-order valence-corrected chi connectivity index (χ3v) is 2.57. The summed E-state index contributed by atoms with van der Waals surface area (Å²) in [5.74, 6) is 0.945. The average Bonchev–Trinajstić information content (AvgIpc) is 2.41. The molecule has 106 valence electrons. The number of pyridine rings is 1. The molecule has 0 amide bonds. The van der Waals surface area contributed by atoms with Crippen molar-refractivity contribution in [1.29, 1.82) is 0 Å². The van der Waals surface area contributed by atoms with Crippen LogP contribution in [0.5, 0.6) is 0 Å². The first kappa shape index (κ1) is 15.4. The Balaban J connectivity index is 2.27. The van der Waals surface area contributed by atoms with E-state index < -0.39 is 0 Å². The molecule has 0 saturated carbocycles. The number of ether oxygens (including phenoxy) is 2. The van der Waals surface area contributed by atoms with Crippen molar-refractivity contribution < 1.29 is 14.3 Å². The van der Waals surface area contributed by atoms with Gasteiger partial charge in [0.15, 0.2) is 0 Å². The van der Waals surface area contributed by atoms with Gasteiger partial charge in [-0.25, -0.2) is 9.78 Å². The molecular formula is C14H22N2O3. The third-order valence-electron chi connectivity index (χ3n) is 2.57. The molecule has 0 aliphatic heterocycles. The molecule has 1 N–H and O–H groups in total. The van der Waals surface area contributed by atoms with Crippen molar-refractivity contribution >= 4 is 11.8 Å². The first-order valence-corrected chi connectivity index (χ1v) is 6.49. The van der Waals surface area contributed by atoms with Crippen molar-refractivity contribution in [3.05, 3.63) is 23.9 Å². The summed E-state index contributed by atoms with van der Waals surface area (Å²) in [6, 6.07) is 3.29. The molecule has 0 aliphatic rings. The van der Waals surface area contributed by atoms with Crippen LogP contribution in [0.15, 0.2) is 18.3 Å². The van der Waals surface area contributed by atoms with Gasteiger partial charge in [0.25, 0.3) is 0 Å². The van der Waals surface area contributed by atoms with Crippen LogP contribution in [0, 0.1) is 5.92 Å². The minimum atomic E-state index is -0.362. The number of aromatic nitrogens is 1. The van der Waals surface area contributed by atoms with Gasteiger partial charge in [-0.2, -0.15) is 0 Å². The van der Waals surface area contributed by atoms with Gasteiger partial charge in [0.2, 0.25) is 0 Å². The molecule has 0 radical (unpaired) electrons. The summed E-state index contributed by atoms with van der Waals surface area (Å²) < 4.78 is 10.1. The van der Waals surface area contributed by atoms with Gasteiger partial charge in [-0.15, -0.1) is 0 Å². The largest absolute Gasteiger partial charge is 0.465 e. The van der Waals surface area contributed by atoms with Gasteiger partial charge in [-0.3, -0.25) is 0 Å². The van der Waals surface area contributed by atoms with E-state index in [2.05, 4.69) is 28.9 Å². The highest BCUT2D eigenvalue weighted by Gasteiger charge is 2.05. The van der Waals surface area contributed by atoms with Crippen molar-refractivity contribution in [3.8, 4) is 0 Å².